The van der Waals surface area contributed by atoms with E-state index in [1.54, 1.807) is 0 Å². The molecule has 3 unspecified atom stereocenters. The van der Waals surface area contributed by atoms with E-state index >= 15 is 0 Å². The molecule has 1 saturated heterocycles. The van der Waals surface area contributed by atoms with Crippen molar-refractivity contribution >= 4 is 13.1 Å². The fraction of sp³-hybridized carbons (Fsp3) is 0.875. The summed E-state index contributed by atoms with van der Waals surface area (Å²) in [6, 6.07) is -1.45. The Balaban J connectivity index is 2.60. The number of halogens is 1. The van der Waals surface area contributed by atoms with Crippen LogP contribution in [0.25, 0.3) is 0 Å². The fourth-order valence-corrected chi connectivity index (χ4v) is 1.92. The number of hydrogen-bond donors (Lipinski definition) is 5. The Labute approximate surface area is 92.2 Å². The summed E-state index contributed by atoms with van der Waals surface area (Å²) in [6.45, 7) is -0.116. The second-order valence-corrected chi connectivity index (χ2v) is 3.99. The second-order valence-electron chi connectivity index (χ2n) is 3.99. The van der Waals surface area contributed by atoms with Crippen molar-refractivity contribution in [2.45, 2.75) is 37.0 Å². The monoisotopic (exact) mass is 235 g/mol. The van der Waals surface area contributed by atoms with E-state index in [9.17, 15) is 14.3 Å². The number of nitrogens with one attached hydrogen (secondary N) is 1. The van der Waals surface area contributed by atoms with Crippen LogP contribution in [0.3, 0.4) is 0 Å². The lowest BCUT2D eigenvalue weighted by Crippen LogP contribution is -2.49. The first-order valence-electron chi connectivity index (χ1n) is 5.07. The molecular weight excluding hydrogens is 220 g/mol. The van der Waals surface area contributed by atoms with E-state index in [0.717, 1.165) is 0 Å². The van der Waals surface area contributed by atoms with Crippen LogP contribution in [0, 0.1) is 0 Å². The molecule has 6 nitrogen and oxygen atoms in total. The molecule has 1 fully saturated rings. The average Bonchev–Trinajstić information content (AvgIpc) is 2.43. The van der Waals surface area contributed by atoms with E-state index in [1.807, 2.05) is 0 Å². The van der Waals surface area contributed by atoms with Gasteiger partial charge in [0, 0.05) is 6.54 Å². The molecule has 3 atom stereocenters. The summed E-state index contributed by atoms with van der Waals surface area (Å²) < 4.78 is 14.2. The number of rotatable bonds is 5. The van der Waals surface area contributed by atoms with Crippen LogP contribution in [0.2, 0.25) is 6.32 Å². The molecule has 5 N–H and O–H groups in total. The Hall–Kier alpha value is -0.695. The van der Waals surface area contributed by atoms with Crippen LogP contribution in [0.4, 0.5) is 4.39 Å². The number of carboxylic acids is 1. The third-order valence-electron chi connectivity index (χ3n) is 2.82. The third kappa shape index (κ3) is 2.70. The zero-order valence-electron chi connectivity index (χ0n) is 8.64. The van der Waals surface area contributed by atoms with Crippen molar-refractivity contribution in [2.75, 3.05) is 6.54 Å². The van der Waals surface area contributed by atoms with Crippen molar-refractivity contribution in [2.24, 2.45) is 0 Å². The van der Waals surface area contributed by atoms with Gasteiger partial charge in [0.25, 0.3) is 0 Å². The minimum atomic E-state index is -2.25. The highest BCUT2D eigenvalue weighted by Gasteiger charge is 2.53. The standard InChI is InChI=1S/C8H15BFNO5/c10-8(2-1-3-9(15)16)5(12)4-11-6(8)7(13)14/h5-6,11-12,15-16H,1-4H2,(H,13,14). The van der Waals surface area contributed by atoms with E-state index in [1.165, 1.54) is 0 Å². The van der Waals surface area contributed by atoms with E-state index in [4.69, 9.17) is 15.2 Å². The molecule has 0 radical (unpaired) electrons. The number of hydrogen-bond acceptors (Lipinski definition) is 5. The number of β-amino-alcohol motifs (C(OH)–C–C–N with tert-alkyl or cyclic N) is 1. The molecule has 0 aliphatic carbocycles. The summed E-state index contributed by atoms with van der Waals surface area (Å²) in [5, 5.41) is 37.7. The van der Waals surface area contributed by atoms with Crippen LogP contribution >= 0.6 is 0 Å². The smallest absolute Gasteiger partial charge is 0.451 e. The van der Waals surface area contributed by atoms with Crippen LogP contribution in [0.15, 0.2) is 0 Å². The van der Waals surface area contributed by atoms with Gasteiger partial charge in [-0.1, -0.05) is 6.42 Å². The molecule has 0 saturated carbocycles. The quantitative estimate of drug-likeness (QED) is 0.366. The van der Waals surface area contributed by atoms with Crippen LogP contribution < -0.4 is 5.32 Å². The first-order valence-corrected chi connectivity index (χ1v) is 5.07. The molecular formula is C8H15BFNO5. The van der Waals surface area contributed by atoms with Gasteiger partial charge in [0.1, 0.15) is 12.1 Å². The number of aliphatic carboxylic acids is 1. The molecule has 0 bridgehead atoms. The Bertz CT molecular complexity index is 267. The summed E-state index contributed by atoms with van der Waals surface area (Å²) in [7, 11) is -1.54. The molecule has 1 aliphatic heterocycles. The van der Waals surface area contributed by atoms with Gasteiger partial charge in [0.05, 0.1) is 0 Å². The molecule has 1 aliphatic rings. The molecule has 0 aromatic heterocycles. The number of carbonyl (C=O) groups is 1. The SMILES string of the molecule is O=C(O)C1NCC(O)C1(F)CCCB(O)O. The first kappa shape index (κ1) is 13.4. The van der Waals surface area contributed by atoms with Crippen molar-refractivity contribution in [3.05, 3.63) is 0 Å². The van der Waals surface area contributed by atoms with Gasteiger partial charge in [-0.2, -0.15) is 0 Å². The summed E-state index contributed by atoms with van der Waals surface area (Å²) in [4.78, 5) is 10.7. The molecule has 0 spiro atoms. The first-order chi connectivity index (χ1) is 7.38. The molecule has 0 aromatic carbocycles. The van der Waals surface area contributed by atoms with Crippen LogP contribution in [-0.2, 0) is 4.79 Å². The summed E-state index contributed by atoms with van der Waals surface area (Å²) in [5.41, 5.74) is -2.25. The predicted molar refractivity (Wildman–Crippen MR) is 53.5 cm³/mol. The summed E-state index contributed by atoms with van der Waals surface area (Å²) in [5.74, 6) is -1.36. The van der Waals surface area contributed by atoms with Crippen molar-refractivity contribution in [1.29, 1.82) is 0 Å². The normalized spacial score (nSPS) is 34.0. The van der Waals surface area contributed by atoms with Gasteiger partial charge in [-0.05, 0) is 12.7 Å². The van der Waals surface area contributed by atoms with Crippen molar-refractivity contribution in [1.82, 2.24) is 5.32 Å². The van der Waals surface area contributed by atoms with Gasteiger partial charge in [0.15, 0.2) is 5.67 Å². The van der Waals surface area contributed by atoms with Gasteiger partial charge in [0.2, 0.25) is 0 Å². The van der Waals surface area contributed by atoms with E-state index in [-0.39, 0.29) is 25.7 Å². The number of aliphatic hydroxyl groups excluding tert-OH is 1. The third-order valence-corrected chi connectivity index (χ3v) is 2.82. The maximum atomic E-state index is 14.2. The number of alkyl halides is 1. The largest absolute Gasteiger partial charge is 0.480 e. The summed E-state index contributed by atoms with van der Waals surface area (Å²) in [6.07, 6.45) is -1.57. The van der Waals surface area contributed by atoms with Crippen molar-refractivity contribution in [3.8, 4) is 0 Å². The zero-order valence-corrected chi connectivity index (χ0v) is 8.64. The van der Waals surface area contributed by atoms with Crippen molar-refractivity contribution in [3.63, 3.8) is 0 Å². The topological polar surface area (TPSA) is 110 Å². The highest BCUT2D eigenvalue weighted by atomic mass is 19.1. The molecule has 1 rings (SSSR count). The molecule has 1 heterocycles. The van der Waals surface area contributed by atoms with Crippen LogP contribution in [-0.4, -0.2) is 57.7 Å². The second kappa shape index (κ2) is 5.09. The lowest BCUT2D eigenvalue weighted by atomic mass is 9.79. The summed E-state index contributed by atoms with van der Waals surface area (Å²) >= 11 is 0. The lowest BCUT2D eigenvalue weighted by molar-refractivity contribution is -0.144. The molecule has 16 heavy (non-hydrogen) atoms. The Morgan fingerprint density at radius 2 is 2.19 bits per heavy atom. The predicted octanol–water partition coefficient (Wildman–Crippen LogP) is -1.64. The minimum Gasteiger partial charge on any atom is -0.480 e. The lowest BCUT2D eigenvalue weighted by Gasteiger charge is -2.26. The van der Waals surface area contributed by atoms with Gasteiger partial charge in [-0.15, -0.1) is 0 Å². The van der Waals surface area contributed by atoms with Gasteiger partial charge >= 0.3 is 13.1 Å². The van der Waals surface area contributed by atoms with Gasteiger partial charge in [-0.25, -0.2) is 4.39 Å². The number of carboxylic acid groups (broad SMARTS) is 1. The fourth-order valence-electron chi connectivity index (χ4n) is 1.92. The molecule has 92 valence electrons. The van der Waals surface area contributed by atoms with Crippen molar-refractivity contribution < 1.29 is 29.4 Å². The van der Waals surface area contributed by atoms with Gasteiger partial charge < -0.3 is 20.3 Å². The molecule has 0 aromatic rings. The van der Waals surface area contributed by atoms with Crippen LogP contribution in [0.1, 0.15) is 12.8 Å². The Morgan fingerprint density at radius 3 is 2.69 bits per heavy atom. The Kier molecular flexibility index (Phi) is 4.25. The van der Waals surface area contributed by atoms with Gasteiger partial charge in [-0.3, -0.25) is 10.1 Å². The highest BCUT2D eigenvalue weighted by molar-refractivity contribution is 6.40. The highest BCUT2D eigenvalue weighted by Crippen LogP contribution is 2.32. The van der Waals surface area contributed by atoms with E-state index < -0.39 is 30.9 Å². The number of aliphatic hydroxyl groups is 1. The minimum absolute atomic E-state index is 0.0509. The zero-order chi connectivity index (χ0) is 12.3. The van der Waals surface area contributed by atoms with E-state index in [0.29, 0.717) is 0 Å². The molecule has 0 amide bonds. The maximum absolute atomic E-state index is 14.2. The molecule has 8 heteroatoms. The maximum Gasteiger partial charge on any atom is 0.451 e. The van der Waals surface area contributed by atoms with Crippen LogP contribution in [0.5, 0.6) is 0 Å². The van der Waals surface area contributed by atoms with E-state index in [2.05, 4.69) is 5.32 Å². The average molecular weight is 235 g/mol. The Morgan fingerprint density at radius 1 is 1.56 bits per heavy atom.